The number of fused-ring (bicyclic) bond motifs is 1. The SMILES string of the molecule is NC(=O)C1=Cc2ccccc2OC(c2ccc(C(F)(F)F)cc2)C1. The number of rotatable bonds is 2. The van der Waals surface area contributed by atoms with Crippen molar-refractivity contribution in [2.45, 2.75) is 18.7 Å². The molecule has 0 spiro atoms. The fourth-order valence-corrected chi connectivity index (χ4v) is 2.59. The first-order valence-electron chi connectivity index (χ1n) is 7.28. The summed E-state index contributed by atoms with van der Waals surface area (Å²) in [5, 5.41) is 0. The average Bonchev–Trinajstić information content (AvgIpc) is 2.74. The normalized spacial score (nSPS) is 17.3. The van der Waals surface area contributed by atoms with Gasteiger partial charge in [-0.1, -0.05) is 30.3 Å². The van der Waals surface area contributed by atoms with Crippen LogP contribution in [0.15, 0.2) is 54.1 Å². The molecule has 0 saturated carbocycles. The smallest absolute Gasteiger partial charge is 0.416 e. The van der Waals surface area contributed by atoms with E-state index >= 15 is 0 Å². The second-order valence-corrected chi connectivity index (χ2v) is 5.50. The van der Waals surface area contributed by atoms with Crippen molar-refractivity contribution in [3.8, 4) is 5.75 Å². The molecule has 2 N–H and O–H groups in total. The number of primary amides is 1. The third-order valence-electron chi connectivity index (χ3n) is 3.85. The largest absolute Gasteiger partial charge is 0.485 e. The van der Waals surface area contributed by atoms with Crippen LogP contribution in [0.2, 0.25) is 0 Å². The summed E-state index contributed by atoms with van der Waals surface area (Å²) in [5.41, 5.74) is 6.30. The predicted molar refractivity (Wildman–Crippen MR) is 83.0 cm³/mol. The highest BCUT2D eigenvalue weighted by molar-refractivity contribution is 5.97. The quantitative estimate of drug-likeness (QED) is 0.900. The summed E-state index contributed by atoms with van der Waals surface area (Å²) in [6, 6.07) is 11.8. The van der Waals surface area contributed by atoms with E-state index in [4.69, 9.17) is 10.5 Å². The number of amides is 1. The Morgan fingerprint density at radius 3 is 2.38 bits per heavy atom. The van der Waals surface area contributed by atoms with Gasteiger partial charge in [-0.3, -0.25) is 4.79 Å². The Morgan fingerprint density at radius 1 is 1.08 bits per heavy atom. The van der Waals surface area contributed by atoms with Gasteiger partial charge in [0.25, 0.3) is 0 Å². The van der Waals surface area contributed by atoms with Gasteiger partial charge >= 0.3 is 6.18 Å². The number of ether oxygens (including phenoxy) is 1. The van der Waals surface area contributed by atoms with Gasteiger partial charge in [-0.25, -0.2) is 0 Å². The second-order valence-electron chi connectivity index (χ2n) is 5.50. The minimum atomic E-state index is -4.40. The third-order valence-corrected chi connectivity index (χ3v) is 3.85. The minimum Gasteiger partial charge on any atom is -0.485 e. The lowest BCUT2D eigenvalue weighted by atomic mass is 9.99. The van der Waals surface area contributed by atoms with Gasteiger partial charge in [0.05, 0.1) is 5.56 Å². The molecule has 1 aliphatic heterocycles. The first-order valence-corrected chi connectivity index (χ1v) is 7.28. The molecule has 3 nitrogen and oxygen atoms in total. The van der Waals surface area contributed by atoms with Crippen LogP contribution in [0.5, 0.6) is 5.75 Å². The lowest BCUT2D eigenvalue weighted by Gasteiger charge is -2.19. The fraction of sp³-hybridized carbons (Fsp3) is 0.167. The highest BCUT2D eigenvalue weighted by Gasteiger charge is 2.31. The van der Waals surface area contributed by atoms with Crippen LogP contribution in [-0.4, -0.2) is 5.91 Å². The Kier molecular flexibility index (Phi) is 4.05. The standard InChI is InChI=1S/C18H14F3NO2/c19-18(20,21)14-7-5-11(6-8-14)16-10-13(17(22)23)9-12-3-1-2-4-15(12)24-16/h1-9,16H,10H2,(H2,22,23). The van der Waals surface area contributed by atoms with Crippen LogP contribution in [0.3, 0.4) is 0 Å². The van der Waals surface area contributed by atoms with E-state index in [-0.39, 0.29) is 6.42 Å². The van der Waals surface area contributed by atoms with E-state index in [9.17, 15) is 18.0 Å². The van der Waals surface area contributed by atoms with Crippen molar-refractivity contribution >= 4 is 12.0 Å². The van der Waals surface area contributed by atoms with Crippen molar-refractivity contribution in [2.75, 3.05) is 0 Å². The highest BCUT2D eigenvalue weighted by Crippen LogP contribution is 2.36. The van der Waals surface area contributed by atoms with Crippen LogP contribution in [0.4, 0.5) is 13.2 Å². The monoisotopic (exact) mass is 333 g/mol. The average molecular weight is 333 g/mol. The van der Waals surface area contributed by atoms with Gasteiger partial charge in [0, 0.05) is 17.6 Å². The maximum absolute atomic E-state index is 12.7. The van der Waals surface area contributed by atoms with Gasteiger partial charge in [-0.15, -0.1) is 0 Å². The van der Waals surface area contributed by atoms with Crippen molar-refractivity contribution in [3.63, 3.8) is 0 Å². The maximum Gasteiger partial charge on any atom is 0.416 e. The summed E-state index contributed by atoms with van der Waals surface area (Å²) in [4.78, 5) is 11.6. The van der Waals surface area contributed by atoms with E-state index < -0.39 is 23.8 Å². The molecule has 0 aromatic heterocycles. The van der Waals surface area contributed by atoms with Crippen LogP contribution in [0.1, 0.15) is 29.2 Å². The number of benzene rings is 2. The topological polar surface area (TPSA) is 52.3 Å². The molecule has 0 fully saturated rings. The van der Waals surface area contributed by atoms with E-state index in [0.29, 0.717) is 22.4 Å². The molecule has 0 radical (unpaired) electrons. The molecule has 1 atom stereocenters. The number of hydrogen-bond acceptors (Lipinski definition) is 2. The first kappa shape index (κ1) is 16.1. The van der Waals surface area contributed by atoms with Crippen molar-refractivity contribution in [1.29, 1.82) is 0 Å². The number of nitrogens with two attached hydrogens (primary N) is 1. The molecule has 1 unspecified atom stereocenters. The molecule has 0 aliphatic carbocycles. The van der Waals surface area contributed by atoms with Crippen LogP contribution < -0.4 is 10.5 Å². The zero-order chi connectivity index (χ0) is 17.3. The van der Waals surface area contributed by atoms with Crippen molar-refractivity contribution in [1.82, 2.24) is 0 Å². The summed E-state index contributed by atoms with van der Waals surface area (Å²) in [6.07, 6.45) is -3.14. The van der Waals surface area contributed by atoms with Crippen LogP contribution in [-0.2, 0) is 11.0 Å². The van der Waals surface area contributed by atoms with E-state index in [2.05, 4.69) is 0 Å². The number of alkyl halides is 3. The molecule has 1 heterocycles. The Hall–Kier alpha value is -2.76. The van der Waals surface area contributed by atoms with E-state index in [0.717, 1.165) is 12.1 Å². The van der Waals surface area contributed by atoms with Crippen molar-refractivity contribution < 1.29 is 22.7 Å². The Bertz CT molecular complexity index is 795. The molecule has 0 saturated heterocycles. The predicted octanol–water partition coefficient (Wildman–Crippen LogP) is 4.10. The van der Waals surface area contributed by atoms with Gasteiger partial charge < -0.3 is 10.5 Å². The van der Waals surface area contributed by atoms with Gasteiger partial charge in [-0.05, 0) is 29.8 Å². The van der Waals surface area contributed by atoms with Crippen LogP contribution in [0.25, 0.3) is 6.08 Å². The van der Waals surface area contributed by atoms with Crippen LogP contribution in [0, 0.1) is 0 Å². The summed E-state index contributed by atoms with van der Waals surface area (Å²) in [7, 11) is 0. The number of carbonyl (C=O) groups excluding carboxylic acids is 1. The molecule has 124 valence electrons. The number of hydrogen-bond donors (Lipinski definition) is 1. The minimum absolute atomic E-state index is 0.190. The molecular formula is C18H14F3NO2. The Morgan fingerprint density at radius 2 is 1.75 bits per heavy atom. The lowest BCUT2D eigenvalue weighted by Crippen LogP contribution is -2.17. The molecule has 2 aromatic rings. The molecule has 2 aromatic carbocycles. The lowest BCUT2D eigenvalue weighted by molar-refractivity contribution is -0.137. The van der Waals surface area contributed by atoms with Crippen molar-refractivity contribution in [2.24, 2.45) is 5.73 Å². The summed E-state index contributed by atoms with van der Waals surface area (Å²) >= 11 is 0. The van der Waals surface area contributed by atoms with Gasteiger partial charge in [-0.2, -0.15) is 13.2 Å². The molecule has 24 heavy (non-hydrogen) atoms. The molecule has 1 amide bonds. The maximum atomic E-state index is 12.7. The van der Waals surface area contributed by atoms with E-state index in [1.165, 1.54) is 12.1 Å². The molecular weight excluding hydrogens is 319 g/mol. The number of carbonyl (C=O) groups is 1. The molecule has 0 bridgehead atoms. The highest BCUT2D eigenvalue weighted by atomic mass is 19.4. The van der Waals surface area contributed by atoms with Crippen LogP contribution >= 0.6 is 0 Å². The van der Waals surface area contributed by atoms with Crippen molar-refractivity contribution in [3.05, 3.63) is 70.8 Å². The Balaban J connectivity index is 1.97. The summed E-state index contributed by atoms with van der Waals surface area (Å²) in [6.45, 7) is 0. The third kappa shape index (κ3) is 3.27. The summed E-state index contributed by atoms with van der Waals surface area (Å²) < 4.78 is 44.0. The van der Waals surface area contributed by atoms with Gasteiger partial charge in [0.1, 0.15) is 11.9 Å². The number of para-hydroxylation sites is 1. The van der Waals surface area contributed by atoms with Gasteiger partial charge in [0.2, 0.25) is 5.91 Å². The molecule has 3 rings (SSSR count). The van der Waals surface area contributed by atoms with E-state index in [1.54, 1.807) is 30.3 Å². The Labute approximate surface area is 136 Å². The zero-order valence-corrected chi connectivity index (χ0v) is 12.5. The first-order chi connectivity index (χ1) is 11.3. The molecule has 1 aliphatic rings. The summed E-state index contributed by atoms with van der Waals surface area (Å²) in [5.74, 6) is -0.0223. The zero-order valence-electron chi connectivity index (χ0n) is 12.5. The molecule has 6 heteroatoms. The number of halogens is 3. The fourth-order valence-electron chi connectivity index (χ4n) is 2.59. The van der Waals surface area contributed by atoms with Gasteiger partial charge in [0.15, 0.2) is 0 Å². The second kappa shape index (κ2) is 6.03. The van der Waals surface area contributed by atoms with E-state index in [1.807, 2.05) is 0 Å².